The summed E-state index contributed by atoms with van der Waals surface area (Å²) >= 11 is 0. The number of halogens is 3. The minimum absolute atomic E-state index is 0.0779. The molecule has 3 rings (SSSR count). The fourth-order valence-electron chi connectivity index (χ4n) is 3.03. The van der Waals surface area contributed by atoms with E-state index < -0.39 is 11.7 Å². The Bertz CT molecular complexity index is 644. The topological polar surface area (TPSA) is 38.9 Å². The molecule has 0 spiro atoms. The molecule has 1 atom stereocenters. The van der Waals surface area contributed by atoms with Gasteiger partial charge in [0.15, 0.2) is 0 Å². The van der Waals surface area contributed by atoms with E-state index >= 15 is 0 Å². The second-order valence-electron chi connectivity index (χ2n) is 6.14. The van der Waals surface area contributed by atoms with Crippen molar-refractivity contribution in [1.29, 1.82) is 0 Å². The van der Waals surface area contributed by atoms with Gasteiger partial charge in [0.2, 0.25) is 0 Å². The summed E-state index contributed by atoms with van der Waals surface area (Å²) in [7, 11) is 0. The molecule has 3 nitrogen and oxygen atoms in total. The van der Waals surface area contributed by atoms with Gasteiger partial charge in [0.05, 0.1) is 11.8 Å². The summed E-state index contributed by atoms with van der Waals surface area (Å²) in [6.07, 6.45) is -0.286. The Morgan fingerprint density at radius 3 is 2.62 bits per heavy atom. The van der Waals surface area contributed by atoms with E-state index in [4.69, 9.17) is 4.52 Å². The molecule has 6 heteroatoms. The van der Waals surface area contributed by atoms with Crippen molar-refractivity contribution >= 4 is 0 Å². The molecule has 0 N–H and O–H groups in total. The van der Waals surface area contributed by atoms with E-state index in [1.165, 1.54) is 6.07 Å². The fourth-order valence-corrected chi connectivity index (χ4v) is 3.03. The highest BCUT2D eigenvalue weighted by Crippen LogP contribution is 2.43. The molecule has 0 radical (unpaired) electrons. The molecule has 112 valence electrons. The Labute approximate surface area is 120 Å². The van der Waals surface area contributed by atoms with Crippen LogP contribution in [0.25, 0.3) is 0 Å². The minimum Gasteiger partial charge on any atom is -0.361 e. The highest BCUT2D eigenvalue weighted by Gasteiger charge is 2.38. The van der Waals surface area contributed by atoms with Gasteiger partial charge in [-0.05, 0) is 25.0 Å². The summed E-state index contributed by atoms with van der Waals surface area (Å²) in [5.41, 5.74) is 0.784. The third kappa shape index (κ3) is 2.54. The van der Waals surface area contributed by atoms with Gasteiger partial charge in [0.25, 0.3) is 0 Å². The number of aromatic nitrogens is 2. The lowest BCUT2D eigenvalue weighted by molar-refractivity contribution is -0.137. The molecule has 21 heavy (non-hydrogen) atoms. The summed E-state index contributed by atoms with van der Waals surface area (Å²) in [6, 6.07) is 2.57. The monoisotopic (exact) mass is 296 g/mol. The molecule has 2 aromatic heterocycles. The number of alkyl halides is 3. The van der Waals surface area contributed by atoms with E-state index in [1.807, 2.05) is 13.8 Å². The molecular formula is C15H15F3N2O. The van der Waals surface area contributed by atoms with Crippen molar-refractivity contribution in [3.05, 3.63) is 47.1 Å². The number of rotatable bonds is 1. The van der Waals surface area contributed by atoms with Crippen LogP contribution in [0.2, 0.25) is 0 Å². The molecular weight excluding hydrogens is 281 g/mol. The standard InChI is InChI=1S/C15H15F3N2O/c1-14(2)6-9(5-10-7-20-21-13(10)14)12-4-3-11(8-19-12)15(16,17)18/h3-4,7-9H,5-6H2,1-2H3. The molecule has 1 unspecified atom stereocenters. The number of hydrogen-bond acceptors (Lipinski definition) is 3. The van der Waals surface area contributed by atoms with Gasteiger partial charge in [0, 0.05) is 28.8 Å². The molecule has 0 aromatic carbocycles. The first-order valence-electron chi connectivity index (χ1n) is 6.74. The maximum Gasteiger partial charge on any atom is 0.417 e. The molecule has 2 heterocycles. The second kappa shape index (κ2) is 4.58. The van der Waals surface area contributed by atoms with Crippen LogP contribution in [0, 0.1) is 0 Å². The lowest BCUT2D eigenvalue weighted by Crippen LogP contribution is -2.28. The molecule has 0 aliphatic heterocycles. The average molecular weight is 296 g/mol. The zero-order chi connectivity index (χ0) is 15.3. The van der Waals surface area contributed by atoms with Crippen molar-refractivity contribution < 1.29 is 17.7 Å². The van der Waals surface area contributed by atoms with E-state index in [-0.39, 0.29) is 11.3 Å². The fraction of sp³-hybridized carbons (Fsp3) is 0.467. The minimum atomic E-state index is -4.35. The number of fused-ring (bicyclic) bond motifs is 1. The zero-order valence-corrected chi connectivity index (χ0v) is 11.7. The molecule has 1 aliphatic carbocycles. The third-order valence-corrected chi connectivity index (χ3v) is 4.01. The smallest absolute Gasteiger partial charge is 0.361 e. The van der Waals surface area contributed by atoms with Crippen molar-refractivity contribution in [3.8, 4) is 0 Å². The van der Waals surface area contributed by atoms with Crippen LogP contribution in [-0.4, -0.2) is 10.1 Å². The third-order valence-electron chi connectivity index (χ3n) is 4.01. The predicted octanol–water partition coefficient (Wildman–Crippen LogP) is 4.10. The SMILES string of the molecule is CC1(C)CC(c2ccc(C(F)(F)F)cn2)Cc2cnoc21. The van der Waals surface area contributed by atoms with Crippen LogP contribution < -0.4 is 0 Å². The Hall–Kier alpha value is -1.85. The van der Waals surface area contributed by atoms with Gasteiger partial charge in [-0.3, -0.25) is 4.98 Å². The van der Waals surface area contributed by atoms with E-state index in [0.29, 0.717) is 12.1 Å². The van der Waals surface area contributed by atoms with E-state index in [2.05, 4.69) is 10.1 Å². The van der Waals surface area contributed by atoms with Crippen LogP contribution in [-0.2, 0) is 18.0 Å². The predicted molar refractivity (Wildman–Crippen MR) is 69.8 cm³/mol. The Balaban J connectivity index is 1.89. The molecule has 0 bridgehead atoms. The molecule has 0 saturated heterocycles. The molecule has 0 fully saturated rings. The maximum absolute atomic E-state index is 12.6. The summed E-state index contributed by atoms with van der Waals surface area (Å²) in [5.74, 6) is 0.944. The van der Waals surface area contributed by atoms with Crippen molar-refractivity contribution in [2.75, 3.05) is 0 Å². The van der Waals surface area contributed by atoms with Gasteiger partial charge in [-0.15, -0.1) is 0 Å². The first kappa shape index (κ1) is 14.1. The van der Waals surface area contributed by atoms with Crippen molar-refractivity contribution in [2.24, 2.45) is 0 Å². The van der Waals surface area contributed by atoms with Gasteiger partial charge < -0.3 is 4.52 Å². The Morgan fingerprint density at radius 2 is 2.00 bits per heavy atom. The first-order chi connectivity index (χ1) is 9.77. The van der Waals surface area contributed by atoms with Crippen LogP contribution in [0.3, 0.4) is 0 Å². The largest absolute Gasteiger partial charge is 0.417 e. The van der Waals surface area contributed by atoms with Crippen LogP contribution in [0.4, 0.5) is 13.2 Å². The highest BCUT2D eigenvalue weighted by molar-refractivity contribution is 5.31. The quantitative estimate of drug-likeness (QED) is 0.795. The molecule has 1 aliphatic rings. The average Bonchev–Trinajstić information content (AvgIpc) is 2.86. The van der Waals surface area contributed by atoms with E-state index in [0.717, 1.165) is 30.0 Å². The Morgan fingerprint density at radius 1 is 1.24 bits per heavy atom. The van der Waals surface area contributed by atoms with Gasteiger partial charge in [-0.2, -0.15) is 13.2 Å². The van der Waals surface area contributed by atoms with Crippen LogP contribution >= 0.6 is 0 Å². The highest BCUT2D eigenvalue weighted by atomic mass is 19.4. The second-order valence-corrected chi connectivity index (χ2v) is 6.14. The molecule has 2 aromatic rings. The van der Waals surface area contributed by atoms with Crippen molar-refractivity contribution in [2.45, 2.75) is 44.2 Å². The number of pyridine rings is 1. The number of nitrogens with zero attached hydrogens (tertiary/aromatic N) is 2. The van der Waals surface area contributed by atoms with E-state index in [1.54, 1.807) is 6.20 Å². The summed E-state index contributed by atoms with van der Waals surface area (Å²) < 4.78 is 43.0. The summed E-state index contributed by atoms with van der Waals surface area (Å²) in [6.45, 7) is 4.10. The Kier molecular flexibility index (Phi) is 3.07. The maximum atomic E-state index is 12.6. The van der Waals surface area contributed by atoms with Crippen LogP contribution in [0.1, 0.15) is 48.8 Å². The zero-order valence-electron chi connectivity index (χ0n) is 11.7. The van der Waals surface area contributed by atoms with Crippen molar-refractivity contribution in [1.82, 2.24) is 10.1 Å². The summed E-state index contributed by atoms with van der Waals surface area (Å²) in [4.78, 5) is 4.02. The van der Waals surface area contributed by atoms with E-state index in [9.17, 15) is 13.2 Å². The molecule has 0 amide bonds. The lowest BCUT2D eigenvalue weighted by Gasteiger charge is -2.32. The van der Waals surface area contributed by atoms with Crippen LogP contribution in [0.5, 0.6) is 0 Å². The van der Waals surface area contributed by atoms with Crippen molar-refractivity contribution in [3.63, 3.8) is 0 Å². The summed E-state index contributed by atoms with van der Waals surface area (Å²) in [5, 5.41) is 3.83. The van der Waals surface area contributed by atoms with Gasteiger partial charge in [0.1, 0.15) is 5.76 Å². The van der Waals surface area contributed by atoms with Gasteiger partial charge >= 0.3 is 6.18 Å². The lowest BCUT2D eigenvalue weighted by atomic mass is 9.71. The first-order valence-corrected chi connectivity index (χ1v) is 6.74. The number of hydrogen-bond donors (Lipinski definition) is 0. The molecule has 0 saturated carbocycles. The van der Waals surface area contributed by atoms with Gasteiger partial charge in [-0.25, -0.2) is 0 Å². The van der Waals surface area contributed by atoms with Gasteiger partial charge in [-0.1, -0.05) is 19.0 Å². The normalized spacial score (nSPS) is 21.1. The van der Waals surface area contributed by atoms with Crippen LogP contribution in [0.15, 0.2) is 29.0 Å².